The van der Waals surface area contributed by atoms with E-state index in [1.807, 2.05) is 0 Å². The average molecular weight is 345 g/mol. The van der Waals surface area contributed by atoms with Crippen LogP contribution in [-0.4, -0.2) is 47.3 Å². The third-order valence-electron chi connectivity index (χ3n) is 5.40. The highest BCUT2D eigenvalue weighted by Crippen LogP contribution is 2.30. The van der Waals surface area contributed by atoms with Gasteiger partial charge in [-0.2, -0.15) is 0 Å². The third kappa shape index (κ3) is 2.75. The predicted molar refractivity (Wildman–Crippen MR) is 107 cm³/mol. The number of ether oxygens (including phenoxy) is 1. The highest BCUT2D eigenvalue weighted by Gasteiger charge is 2.14. The van der Waals surface area contributed by atoms with Crippen molar-refractivity contribution in [3.05, 3.63) is 54.6 Å². The van der Waals surface area contributed by atoms with E-state index in [9.17, 15) is 0 Å². The Kier molecular flexibility index (Phi) is 4.07. The van der Waals surface area contributed by atoms with Gasteiger partial charge in [-0.15, -0.1) is 0 Å². The first kappa shape index (κ1) is 15.8. The molecule has 4 heteroatoms. The van der Waals surface area contributed by atoms with Crippen molar-refractivity contribution in [2.24, 2.45) is 0 Å². The number of fused-ring (bicyclic) bond motifs is 4. The lowest BCUT2D eigenvalue weighted by Gasteiger charge is -2.26. The van der Waals surface area contributed by atoms with Gasteiger partial charge in [0, 0.05) is 42.3 Å². The Morgan fingerprint density at radius 1 is 0.885 bits per heavy atom. The van der Waals surface area contributed by atoms with Crippen LogP contribution in [0.15, 0.2) is 54.6 Å². The van der Waals surface area contributed by atoms with Gasteiger partial charge in [0.25, 0.3) is 0 Å². The Morgan fingerprint density at radius 3 is 2.62 bits per heavy atom. The number of pyridine rings is 1. The summed E-state index contributed by atoms with van der Waals surface area (Å²) < 4.78 is 7.85. The van der Waals surface area contributed by atoms with Crippen molar-refractivity contribution < 1.29 is 4.74 Å². The molecular weight excluding hydrogens is 322 g/mol. The summed E-state index contributed by atoms with van der Waals surface area (Å²) in [6, 6.07) is 19.4. The molecular formula is C22H23N3O. The molecule has 0 unspecified atom stereocenters. The quantitative estimate of drug-likeness (QED) is 0.559. The van der Waals surface area contributed by atoms with Crippen LogP contribution >= 0.6 is 0 Å². The summed E-state index contributed by atoms with van der Waals surface area (Å²) in [5, 5.41) is 3.76. The van der Waals surface area contributed by atoms with E-state index < -0.39 is 0 Å². The molecule has 3 heterocycles. The van der Waals surface area contributed by atoms with Gasteiger partial charge in [0.05, 0.1) is 24.2 Å². The second kappa shape index (κ2) is 6.71. The monoisotopic (exact) mass is 345 g/mol. The molecule has 2 aromatic carbocycles. The van der Waals surface area contributed by atoms with Crippen molar-refractivity contribution in [3.8, 4) is 0 Å². The minimum Gasteiger partial charge on any atom is -0.379 e. The molecule has 0 radical (unpaired) electrons. The number of para-hydroxylation sites is 2. The first-order valence-corrected chi connectivity index (χ1v) is 9.47. The maximum Gasteiger partial charge on any atom is 0.141 e. The zero-order chi connectivity index (χ0) is 17.3. The van der Waals surface area contributed by atoms with Gasteiger partial charge in [0.2, 0.25) is 0 Å². The van der Waals surface area contributed by atoms with E-state index in [0.29, 0.717) is 0 Å². The number of nitrogens with zero attached hydrogens (tertiary/aromatic N) is 3. The molecule has 4 nitrogen and oxygen atoms in total. The van der Waals surface area contributed by atoms with Crippen LogP contribution in [0.4, 0.5) is 0 Å². The molecule has 1 aliphatic heterocycles. The van der Waals surface area contributed by atoms with Crippen LogP contribution in [0, 0.1) is 0 Å². The molecule has 4 aromatic rings. The smallest absolute Gasteiger partial charge is 0.141 e. The van der Waals surface area contributed by atoms with Crippen LogP contribution in [-0.2, 0) is 11.3 Å². The maximum absolute atomic E-state index is 5.45. The second-order valence-corrected chi connectivity index (χ2v) is 7.03. The number of rotatable bonds is 4. The fraction of sp³-hybridized carbons (Fsp3) is 0.318. The largest absolute Gasteiger partial charge is 0.379 e. The highest BCUT2D eigenvalue weighted by atomic mass is 16.5. The van der Waals surface area contributed by atoms with Crippen molar-refractivity contribution in [2.45, 2.75) is 13.0 Å². The normalized spacial score (nSPS) is 16.0. The van der Waals surface area contributed by atoms with Crippen LogP contribution in [0.5, 0.6) is 0 Å². The van der Waals surface area contributed by atoms with Crippen LogP contribution in [0.3, 0.4) is 0 Å². The summed E-state index contributed by atoms with van der Waals surface area (Å²) in [5.74, 6) is 0. The Morgan fingerprint density at radius 2 is 1.69 bits per heavy atom. The van der Waals surface area contributed by atoms with Gasteiger partial charge in [-0.25, -0.2) is 4.98 Å². The summed E-state index contributed by atoms with van der Waals surface area (Å²) in [6.45, 7) is 5.94. The summed E-state index contributed by atoms with van der Waals surface area (Å²) in [7, 11) is 0. The van der Waals surface area contributed by atoms with Gasteiger partial charge in [-0.3, -0.25) is 4.90 Å². The SMILES string of the molecule is c1ccc2nc3c(cc2c1)c1ccccc1n3CCCN1CCOCC1. The molecule has 5 rings (SSSR count). The van der Waals surface area contributed by atoms with E-state index in [1.165, 1.54) is 21.7 Å². The molecule has 2 aromatic heterocycles. The van der Waals surface area contributed by atoms with Crippen LogP contribution in [0.25, 0.3) is 32.8 Å². The molecule has 0 amide bonds. The topological polar surface area (TPSA) is 30.3 Å². The Bertz CT molecular complexity index is 1060. The zero-order valence-electron chi connectivity index (χ0n) is 14.9. The van der Waals surface area contributed by atoms with E-state index in [0.717, 1.165) is 57.0 Å². The van der Waals surface area contributed by atoms with Gasteiger partial charge in [0.1, 0.15) is 5.65 Å². The standard InChI is InChI=1S/C22H23N3O/c1-3-8-20-17(6-1)16-19-18-7-2-4-9-21(18)25(22(19)23-20)11-5-10-24-12-14-26-15-13-24/h1-4,6-9,16H,5,10-15H2. The summed E-state index contributed by atoms with van der Waals surface area (Å²) >= 11 is 0. The molecule has 26 heavy (non-hydrogen) atoms. The molecule has 1 fully saturated rings. The van der Waals surface area contributed by atoms with Crippen molar-refractivity contribution in [3.63, 3.8) is 0 Å². The van der Waals surface area contributed by atoms with E-state index in [1.54, 1.807) is 0 Å². The van der Waals surface area contributed by atoms with Gasteiger partial charge in [-0.1, -0.05) is 36.4 Å². The van der Waals surface area contributed by atoms with Gasteiger partial charge < -0.3 is 9.30 Å². The van der Waals surface area contributed by atoms with E-state index in [4.69, 9.17) is 9.72 Å². The van der Waals surface area contributed by atoms with Crippen LogP contribution in [0.2, 0.25) is 0 Å². The number of aryl methyl sites for hydroxylation is 1. The van der Waals surface area contributed by atoms with Gasteiger partial charge in [0.15, 0.2) is 0 Å². The molecule has 0 atom stereocenters. The molecule has 1 saturated heterocycles. The number of benzene rings is 2. The minimum atomic E-state index is 0.864. The third-order valence-corrected chi connectivity index (χ3v) is 5.40. The lowest BCUT2D eigenvalue weighted by atomic mass is 10.1. The molecule has 0 spiro atoms. The maximum atomic E-state index is 5.45. The van der Waals surface area contributed by atoms with Gasteiger partial charge >= 0.3 is 0 Å². The summed E-state index contributed by atoms with van der Waals surface area (Å²) in [6.07, 6.45) is 1.13. The minimum absolute atomic E-state index is 0.864. The van der Waals surface area contributed by atoms with Gasteiger partial charge in [-0.05, 0) is 24.6 Å². The highest BCUT2D eigenvalue weighted by molar-refractivity contribution is 6.10. The Labute approximate surface area is 153 Å². The van der Waals surface area contributed by atoms with Crippen molar-refractivity contribution in [1.82, 2.24) is 14.5 Å². The number of hydrogen-bond acceptors (Lipinski definition) is 3. The van der Waals surface area contributed by atoms with E-state index >= 15 is 0 Å². The molecule has 0 bridgehead atoms. The summed E-state index contributed by atoms with van der Waals surface area (Å²) in [4.78, 5) is 7.51. The fourth-order valence-electron chi connectivity index (χ4n) is 4.06. The van der Waals surface area contributed by atoms with E-state index in [2.05, 4.69) is 64.1 Å². The lowest BCUT2D eigenvalue weighted by Crippen LogP contribution is -2.37. The van der Waals surface area contributed by atoms with Crippen LogP contribution < -0.4 is 0 Å². The molecule has 0 N–H and O–H groups in total. The first-order valence-electron chi connectivity index (χ1n) is 9.47. The lowest BCUT2D eigenvalue weighted by molar-refractivity contribution is 0.0370. The zero-order valence-corrected chi connectivity index (χ0v) is 14.9. The Balaban J connectivity index is 1.54. The fourth-order valence-corrected chi connectivity index (χ4v) is 4.06. The van der Waals surface area contributed by atoms with Crippen molar-refractivity contribution >= 4 is 32.8 Å². The van der Waals surface area contributed by atoms with Crippen LogP contribution in [0.1, 0.15) is 6.42 Å². The van der Waals surface area contributed by atoms with Crippen molar-refractivity contribution in [2.75, 3.05) is 32.8 Å². The number of aromatic nitrogens is 2. The first-order chi connectivity index (χ1) is 12.9. The second-order valence-electron chi connectivity index (χ2n) is 7.03. The summed E-state index contributed by atoms with van der Waals surface area (Å²) in [5.41, 5.74) is 3.45. The number of morpholine rings is 1. The predicted octanol–water partition coefficient (Wildman–Crippen LogP) is 4.07. The Hall–Kier alpha value is -2.43. The van der Waals surface area contributed by atoms with E-state index in [-0.39, 0.29) is 0 Å². The number of hydrogen-bond donors (Lipinski definition) is 0. The van der Waals surface area contributed by atoms with Crippen molar-refractivity contribution in [1.29, 1.82) is 0 Å². The average Bonchev–Trinajstić information content (AvgIpc) is 3.00. The molecule has 0 saturated carbocycles. The molecule has 1 aliphatic rings. The molecule has 132 valence electrons. The molecule has 0 aliphatic carbocycles.